The molecule has 1 aliphatic rings. The Balaban J connectivity index is 1.41. The van der Waals surface area contributed by atoms with Gasteiger partial charge in [-0.3, -0.25) is 4.79 Å². The third-order valence-electron chi connectivity index (χ3n) is 5.13. The van der Waals surface area contributed by atoms with E-state index >= 15 is 0 Å². The Morgan fingerprint density at radius 2 is 1.83 bits per heavy atom. The number of thioether (sulfide) groups is 1. The first-order valence-electron chi connectivity index (χ1n) is 9.80. The Kier molecular flexibility index (Phi) is 6.14. The number of piperazine rings is 1. The number of amides is 1. The van der Waals surface area contributed by atoms with Crippen LogP contribution in [0.25, 0.3) is 10.2 Å². The van der Waals surface area contributed by atoms with Gasteiger partial charge in [-0.1, -0.05) is 29.0 Å². The maximum atomic E-state index is 13.1. The molecule has 1 amide bonds. The number of benzene rings is 2. The van der Waals surface area contributed by atoms with E-state index in [1.165, 1.54) is 9.60 Å². The van der Waals surface area contributed by atoms with Crippen LogP contribution in [0, 0.1) is 0 Å². The lowest BCUT2D eigenvalue weighted by Gasteiger charge is -2.38. The molecule has 5 nitrogen and oxygen atoms in total. The quantitative estimate of drug-likeness (QED) is 0.490. The van der Waals surface area contributed by atoms with E-state index < -0.39 is 5.60 Å². The van der Waals surface area contributed by atoms with E-state index in [4.69, 9.17) is 21.3 Å². The second-order valence-electron chi connectivity index (χ2n) is 7.65. The van der Waals surface area contributed by atoms with E-state index in [0.717, 1.165) is 23.7 Å². The normalized spacial score (nSPS) is 14.9. The van der Waals surface area contributed by atoms with E-state index in [0.29, 0.717) is 23.9 Å². The Hall–Kier alpha value is -1.96. The Morgan fingerprint density at radius 3 is 2.50 bits per heavy atom. The number of halogens is 1. The topological polar surface area (TPSA) is 45.7 Å². The molecular weight excluding hydrogens is 438 g/mol. The molecule has 1 aliphatic heterocycles. The van der Waals surface area contributed by atoms with E-state index in [9.17, 15) is 4.79 Å². The fourth-order valence-electron chi connectivity index (χ4n) is 3.53. The SMILES string of the molecule is CSc1cccc2sc(N3CCN(C(=O)C(C)(C)Oc4ccc(Cl)cc4)CC3)nc12. The van der Waals surface area contributed by atoms with Gasteiger partial charge in [0.2, 0.25) is 0 Å². The molecule has 8 heteroatoms. The number of carbonyl (C=O) groups excluding carboxylic acids is 1. The number of hydrogen-bond donors (Lipinski definition) is 0. The molecule has 4 rings (SSSR count). The summed E-state index contributed by atoms with van der Waals surface area (Å²) >= 11 is 9.37. The number of para-hydroxylation sites is 1. The highest BCUT2D eigenvalue weighted by molar-refractivity contribution is 7.98. The van der Waals surface area contributed by atoms with Gasteiger partial charge < -0.3 is 14.5 Å². The van der Waals surface area contributed by atoms with Crippen molar-refractivity contribution < 1.29 is 9.53 Å². The van der Waals surface area contributed by atoms with Crippen molar-refractivity contribution >= 4 is 56.0 Å². The molecule has 30 heavy (non-hydrogen) atoms. The molecule has 2 heterocycles. The molecule has 2 aromatic carbocycles. The summed E-state index contributed by atoms with van der Waals surface area (Å²) in [6.07, 6.45) is 2.08. The van der Waals surface area contributed by atoms with Crippen molar-refractivity contribution in [1.82, 2.24) is 9.88 Å². The zero-order chi connectivity index (χ0) is 21.3. The van der Waals surface area contributed by atoms with E-state index in [1.807, 2.05) is 18.7 Å². The van der Waals surface area contributed by atoms with Gasteiger partial charge >= 0.3 is 0 Å². The van der Waals surface area contributed by atoms with Crippen LogP contribution in [0.4, 0.5) is 5.13 Å². The van der Waals surface area contributed by atoms with Crippen molar-refractivity contribution in [2.24, 2.45) is 0 Å². The van der Waals surface area contributed by atoms with Crippen LogP contribution >= 0.6 is 34.7 Å². The molecule has 0 radical (unpaired) electrons. The van der Waals surface area contributed by atoms with E-state index in [2.05, 4.69) is 29.4 Å². The first kappa shape index (κ1) is 21.3. The van der Waals surface area contributed by atoms with Gasteiger partial charge in [-0.25, -0.2) is 4.98 Å². The fourth-order valence-corrected chi connectivity index (χ4v) is 5.33. The summed E-state index contributed by atoms with van der Waals surface area (Å²) in [6.45, 7) is 6.45. The molecule has 0 atom stereocenters. The number of fused-ring (bicyclic) bond motifs is 1. The predicted octanol–water partition coefficient (Wildman–Crippen LogP) is 5.18. The number of anilines is 1. The van der Waals surface area contributed by atoms with Crippen molar-refractivity contribution in [3.63, 3.8) is 0 Å². The average Bonchev–Trinajstić information content (AvgIpc) is 3.19. The summed E-state index contributed by atoms with van der Waals surface area (Å²) in [5, 5.41) is 1.66. The van der Waals surface area contributed by atoms with Crippen molar-refractivity contribution in [2.45, 2.75) is 24.3 Å². The molecule has 0 unspecified atom stereocenters. The molecule has 158 valence electrons. The lowest BCUT2D eigenvalue weighted by atomic mass is 10.1. The van der Waals surface area contributed by atoms with Crippen molar-refractivity contribution in [1.29, 1.82) is 0 Å². The molecule has 0 spiro atoms. The Bertz CT molecular complexity index is 1040. The molecule has 3 aromatic rings. The summed E-state index contributed by atoms with van der Waals surface area (Å²) in [6, 6.07) is 13.4. The number of nitrogens with zero attached hydrogens (tertiary/aromatic N) is 3. The molecule has 1 fully saturated rings. The van der Waals surface area contributed by atoms with Gasteiger partial charge in [0.15, 0.2) is 10.7 Å². The summed E-state index contributed by atoms with van der Waals surface area (Å²) in [7, 11) is 0. The second kappa shape index (κ2) is 8.65. The van der Waals surface area contributed by atoms with Gasteiger partial charge in [0.25, 0.3) is 5.91 Å². The largest absolute Gasteiger partial charge is 0.478 e. The number of rotatable bonds is 5. The van der Waals surface area contributed by atoms with Gasteiger partial charge in [-0.15, -0.1) is 11.8 Å². The highest BCUT2D eigenvalue weighted by Crippen LogP contribution is 2.34. The summed E-state index contributed by atoms with van der Waals surface area (Å²) in [5.74, 6) is 0.626. The molecule has 1 saturated heterocycles. The highest BCUT2D eigenvalue weighted by Gasteiger charge is 2.36. The number of aromatic nitrogens is 1. The van der Waals surface area contributed by atoms with Crippen LogP contribution in [-0.2, 0) is 4.79 Å². The molecule has 0 N–H and O–H groups in total. The van der Waals surface area contributed by atoms with Gasteiger partial charge in [-0.2, -0.15) is 0 Å². The molecular formula is C22H24ClN3O2S2. The first-order chi connectivity index (χ1) is 14.4. The van der Waals surface area contributed by atoms with Gasteiger partial charge in [0.05, 0.1) is 10.2 Å². The lowest BCUT2D eigenvalue weighted by molar-refractivity contribution is -0.145. The highest BCUT2D eigenvalue weighted by atomic mass is 35.5. The smallest absolute Gasteiger partial charge is 0.266 e. The Labute approximate surface area is 190 Å². The average molecular weight is 462 g/mol. The van der Waals surface area contributed by atoms with Crippen LogP contribution < -0.4 is 9.64 Å². The zero-order valence-electron chi connectivity index (χ0n) is 17.2. The van der Waals surface area contributed by atoms with Gasteiger partial charge in [0, 0.05) is 36.1 Å². The van der Waals surface area contributed by atoms with Crippen LogP contribution in [0.1, 0.15) is 13.8 Å². The third kappa shape index (κ3) is 4.38. The van der Waals surface area contributed by atoms with Crippen molar-refractivity contribution in [3.05, 3.63) is 47.5 Å². The summed E-state index contributed by atoms with van der Waals surface area (Å²) in [5.41, 5.74) is 0.125. The minimum absolute atomic E-state index is 0.00827. The van der Waals surface area contributed by atoms with E-state index in [-0.39, 0.29) is 5.91 Å². The lowest BCUT2D eigenvalue weighted by Crippen LogP contribution is -2.55. The minimum atomic E-state index is -0.945. The maximum Gasteiger partial charge on any atom is 0.266 e. The molecule has 1 aromatic heterocycles. The molecule has 0 bridgehead atoms. The van der Waals surface area contributed by atoms with Crippen LogP contribution in [0.2, 0.25) is 5.02 Å². The van der Waals surface area contributed by atoms with Crippen molar-refractivity contribution in [2.75, 3.05) is 37.3 Å². The summed E-state index contributed by atoms with van der Waals surface area (Å²) in [4.78, 5) is 23.3. The number of thiazole rings is 1. The second-order valence-corrected chi connectivity index (χ2v) is 9.94. The monoisotopic (exact) mass is 461 g/mol. The first-order valence-corrected chi connectivity index (χ1v) is 12.2. The maximum absolute atomic E-state index is 13.1. The third-order valence-corrected chi connectivity index (χ3v) is 7.23. The number of hydrogen-bond acceptors (Lipinski definition) is 6. The van der Waals surface area contributed by atoms with Gasteiger partial charge in [0.1, 0.15) is 5.75 Å². The van der Waals surface area contributed by atoms with Crippen molar-refractivity contribution in [3.8, 4) is 5.75 Å². The zero-order valence-corrected chi connectivity index (χ0v) is 19.6. The minimum Gasteiger partial charge on any atom is -0.478 e. The predicted molar refractivity (Wildman–Crippen MR) is 126 cm³/mol. The standard InChI is InChI=1S/C22H24ClN3O2S2/c1-22(2,28-16-9-7-15(23)8-10-16)20(27)25-11-13-26(14-12-25)21-24-19-17(29-3)5-4-6-18(19)30-21/h4-10H,11-14H2,1-3H3. The van der Waals surface area contributed by atoms with Crippen LogP contribution in [-0.4, -0.2) is 53.8 Å². The Morgan fingerprint density at radius 1 is 1.13 bits per heavy atom. The van der Waals surface area contributed by atoms with E-state index in [1.54, 1.807) is 47.4 Å². The number of carbonyl (C=O) groups is 1. The van der Waals surface area contributed by atoms with Crippen LogP contribution in [0.3, 0.4) is 0 Å². The summed E-state index contributed by atoms with van der Waals surface area (Å²) < 4.78 is 7.17. The van der Waals surface area contributed by atoms with Crippen LogP contribution in [0.5, 0.6) is 5.75 Å². The molecule has 0 saturated carbocycles. The van der Waals surface area contributed by atoms with Crippen LogP contribution in [0.15, 0.2) is 47.4 Å². The molecule has 0 aliphatic carbocycles. The van der Waals surface area contributed by atoms with Gasteiger partial charge in [-0.05, 0) is 56.5 Å². The number of ether oxygens (including phenoxy) is 1. The fraction of sp³-hybridized carbons (Fsp3) is 0.364.